The molecule has 0 saturated heterocycles. The van der Waals surface area contributed by atoms with Crippen molar-refractivity contribution in [1.29, 1.82) is 0 Å². The Kier molecular flexibility index (Phi) is 2.83. The number of nitrogens with zero attached hydrogens (tertiary/aromatic N) is 1. The molecule has 6 nitrogen and oxygen atoms in total. The lowest BCUT2D eigenvalue weighted by Crippen LogP contribution is -2.14. The van der Waals surface area contributed by atoms with E-state index in [-0.39, 0.29) is 10.8 Å². The fourth-order valence-corrected chi connectivity index (χ4v) is 2.89. The van der Waals surface area contributed by atoms with Crippen molar-refractivity contribution in [1.82, 2.24) is 9.97 Å². The van der Waals surface area contributed by atoms with Gasteiger partial charge in [0.05, 0.1) is 15.9 Å². The van der Waals surface area contributed by atoms with E-state index in [4.69, 9.17) is 5.73 Å². The van der Waals surface area contributed by atoms with Crippen LogP contribution in [-0.4, -0.2) is 18.4 Å². The van der Waals surface area contributed by atoms with Crippen LogP contribution in [0.3, 0.4) is 0 Å². The molecule has 0 unspecified atom stereocenters. The van der Waals surface area contributed by atoms with Crippen LogP contribution in [0.4, 0.5) is 11.6 Å². The zero-order valence-corrected chi connectivity index (χ0v) is 11.2. The highest BCUT2D eigenvalue weighted by Crippen LogP contribution is 2.18. The number of hydrogen-bond acceptors (Lipinski definition) is 4. The second-order valence-corrected chi connectivity index (χ2v) is 5.96. The van der Waals surface area contributed by atoms with Gasteiger partial charge >= 0.3 is 0 Å². The molecule has 0 atom stereocenters. The average Bonchev–Trinajstić information content (AvgIpc) is 2.80. The molecule has 20 heavy (non-hydrogen) atoms. The van der Waals surface area contributed by atoms with E-state index in [1.807, 2.05) is 18.2 Å². The van der Waals surface area contributed by atoms with Gasteiger partial charge < -0.3 is 10.7 Å². The van der Waals surface area contributed by atoms with Gasteiger partial charge in [0.25, 0.3) is 10.0 Å². The summed E-state index contributed by atoms with van der Waals surface area (Å²) in [7, 11) is -3.71. The summed E-state index contributed by atoms with van der Waals surface area (Å²) in [6.45, 7) is 0. The molecule has 0 bridgehead atoms. The Balaban J connectivity index is 1.97. The lowest BCUT2D eigenvalue weighted by Gasteiger charge is -2.05. The maximum Gasteiger partial charge on any atom is 0.264 e. The summed E-state index contributed by atoms with van der Waals surface area (Å²) in [5, 5.41) is 0. The van der Waals surface area contributed by atoms with E-state index in [1.54, 1.807) is 18.2 Å². The van der Waals surface area contributed by atoms with Gasteiger partial charge in [0, 0.05) is 5.69 Å². The van der Waals surface area contributed by atoms with Crippen LogP contribution in [0.15, 0.2) is 53.4 Å². The van der Waals surface area contributed by atoms with Crippen LogP contribution in [0.2, 0.25) is 0 Å². The fraction of sp³-hybridized carbons (Fsp3) is 0. The molecule has 0 spiro atoms. The lowest BCUT2D eigenvalue weighted by molar-refractivity contribution is 0.601. The molecule has 0 radical (unpaired) electrons. The quantitative estimate of drug-likeness (QED) is 0.641. The third kappa shape index (κ3) is 2.30. The molecule has 102 valence electrons. The number of nitrogens with two attached hydrogens (primary N) is 1. The number of H-pyrrole nitrogens is 1. The monoisotopic (exact) mass is 288 g/mol. The van der Waals surface area contributed by atoms with Crippen LogP contribution >= 0.6 is 0 Å². The number of nitrogen functional groups attached to an aromatic ring is 1. The van der Waals surface area contributed by atoms with Gasteiger partial charge in [-0.15, -0.1) is 0 Å². The standard InChI is InChI=1S/C13H12N4O2S/c14-9-4-3-5-10(8-9)20(18,19)17-13-15-11-6-1-2-7-12(11)16-13/h1-8H,14H2,(H2,15,16,17). The van der Waals surface area contributed by atoms with Crippen molar-refractivity contribution >= 4 is 32.7 Å². The van der Waals surface area contributed by atoms with Gasteiger partial charge in [0.15, 0.2) is 0 Å². The van der Waals surface area contributed by atoms with Gasteiger partial charge in [0.1, 0.15) is 0 Å². The topological polar surface area (TPSA) is 101 Å². The van der Waals surface area contributed by atoms with Crippen molar-refractivity contribution in [2.75, 3.05) is 10.5 Å². The van der Waals surface area contributed by atoms with E-state index in [0.29, 0.717) is 11.2 Å². The number of hydrogen-bond donors (Lipinski definition) is 3. The summed E-state index contributed by atoms with van der Waals surface area (Å²) in [4.78, 5) is 7.17. The largest absolute Gasteiger partial charge is 0.399 e. The number of benzene rings is 2. The third-order valence-corrected chi connectivity index (χ3v) is 4.13. The molecule has 0 aliphatic heterocycles. The highest BCUT2D eigenvalue weighted by Gasteiger charge is 2.16. The summed E-state index contributed by atoms with van der Waals surface area (Å²) < 4.78 is 26.8. The summed E-state index contributed by atoms with van der Waals surface area (Å²) in [5.41, 5.74) is 7.44. The van der Waals surface area contributed by atoms with Crippen molar-refractivity contribution in [3.63, 3.8) is 0 Å². The van der Waals surface area contributed by atoms with Crippen LogP contribution in [-0.2, 0) is 10.0 Å². The van der Waals surface area contributed by atoms with Crippen molar-refractivity contribution in [2.24, 2.45) is 0 Å². The first-order valence-electron chi connectivity index (χ1n) is 5.88. The smallest absolute Gasteiger partial charge is 0.264 e. The van der Waals surface area contributed by atoms with E-state index < -0.39 is 10.0 Å². The summed E-state index contributed by atoms with van der Waals surface area (Å²) in [5.74, 6) is 0.175. The van der Waals surface area contributed by atoms with Crippen LogP contribution < -0.4 is 10.5 Å². The Bertz CT molecular complexity index is 838. The van der Waals surface area contributed by atoms with Crippen LogP contribution in [0.1, 0.15) is 0 Å². The Labute approximate surface area is 115 Å². The number of anilines is 2. The first-order valence-corrected chi connectivity index (χ1v) is 7.36. The molecule has 1 heterocycles. The molecule has 0 saturated carbocycles. The lowest BCUT2D eigenvalue weighted by atomic mass is 10.3. The zero-order valence-electron chi connectivity index (χ0n) is 10.4. The first-order chi connectivity index (χ1) is 9.54. The molecule has 0 aliphatic rings. The second-order valence-electron chi connectivity index (χ2n) is 4.28. The van der Waals surface area contributed by atoms with E-state index in [1.165, 1.54) is 12.1 Å². The van der Waals surface area contributed by atoms with Gasteiger partial charge in [-0.05, 0) is 30.3 Å². The summed E-state index contributed by atoms with van der Waals surface area (Å²) >= 11 is 0. The predicted octanol–water partition coefficient (Wildman–Crippen LogP) is 1.95. The summed E-state index contributed by atoms with van der Waals surface area (Å²) in [6.07, 6.45) is 0. The van der Waals surface area contributed by atoms with E-state index >= 15 is 0 Å². The predicted molar refractivity (Wildman–Crippen MR) is 77.8 cm³/mol. The molecule has 7 heteroatoms. The highest BCUT2D eigenvalue weighted by atomic mass is 32.2. The molecule has 3 aromatic rings. The molecule has 2 aromatic carbocycles. The minimum Gasteiger partial charge on any atom is -0.399 e. The average molecular weight is 288 g/mol. The number of rotatable bonds is 3. The van der Waals surface area contributed by atoms with Crippen molar-refractivity contribution in [2.45, 2.75) is 4.90 Å². The van der Waals surface area contributed by atoms with E-state index in [2.05, 4.69) is 14.7 Å². The molecule has 0 fully saturated rings. The second kappa shape index (κ2) is 4.53. The first kappa shape index (κ1) is 12.5. The molecular formula is C13H12N4O2S. The fourth-order valence-electron chi connectivity index (χ4n) is 1.87. The number of aromatic nitrogens is 2. The van der Waals surface area contributed by atoms with Crippen LogP contribution in [0.5, 0.6) is 0 Å². The Morgan fingerprint density at radius 2 is 1.90 bits per heavy atom. The minimum absolute atomic E-state index is 0.0953. The van der Waals surface area contributed by atoms with Crippen molar-refractivity contribution < 1.29 is 8.42 Å². The number of para-hydroxylation sites is 2. The Hall–Kier alpha value is -2.54. The van der Waals surface area contributed by atoms with Crippen molar-refractivity contribution in [3.8, 4) is 0 Å². The summed E-state index contributed by atoms with van der Waals surface area (Å²) in [6, 6.07) is 13.4. The SMILES string of the molecule is Nc1cccc(S(=O)(=O)Nc2nc3ccccc3[nH]2)c1. The minimum atomic E-state index is -3.71. The molecule has 3 rings (SSSR count). The third-order valence-electron chi connectivity index (χ3n) is 2.79. The van der Waals surface area contributed by atoms with E-state index in [9.17, 15) is 8.42 Å². The van der Waals surface area contributed by atoms with Crippen molar-refractivity contribution in [3.05, 3.63) is 48.5 Å². The number of nitrogens with one attached hydrogen (secondary N) is 2. The molecular weight excluding hydrogens is 276 g/mol. The van der Waals surface area contributed by atoms with Gasteiger partial charge in [-0.1, -0.05) is 18.2 Å². The van der Waals surface area contributed by atoms with Gasteiger partial charge in [-0.25, -0.2) is 18.1 Å². The van der Waals surface area contributed by atoms with Gasteiger partial charge in [-0.3, -0.25) is 0 Å². The van der Waals surface area contributed by atoms with Crippen LogP contribution in [0.25, 0.3) is 11.0 Å². The van der Waals surface area contributed by atoms with Gasteiger partial charge in [-0.2, -0.15) is 0 Å². The maximum absolute atomic E-state index is 12.2. The Morgan fingerprint density at radius 1 is 1.10 bits per heavy atom. The number of imidazole rings is 1. The van der Waals surface area contributed by atoms with Crippen LogP contribution in [0, 0.1) is 0 Å². The zero-order chi connectivity index (χ0) is 14.2. The number of fused-ring (bicyclic) bond motifs is 1. The molecule has 0 aliphatic carbocycles. The maximum atomic E-state index is 12.2. The Morgan fingerprint density at radius 3 is 2.65 bits per heavy atom. The number of sulfonamides is 1. The highest BCUT2D eigenvalue weighted by molar-refractivity contribution is 7.92. The molecule has 1 aromatic heterocycles. The van der Waals surface area contributed by atoms with Gasteiger partial charge in [0.2, 0.25) is 5.95 Å². The normalized spacial score (nSPS) is 11.6. The molecule has 0 amide bonds. The molecule has 4 N–H and O–H groups in total. The number of aromatic amines is 1. The van der Waals surface area contributed by atoms with E-state index in [0.717, 1.165) is 5.52 Å².